The Morgan fingerprint density at radius 2 is 1.86 bits per heavy atom. The van der Waals surface area contributed by atoms with Gasteiger partial charge in [-0.15, -0.1) is 0 Å². The van der Waals surface area contributed by atoms with Gasteiger partial charge in [-0.1, -0.05) is 19.4 Å². The van der Waals surface area contributed by atoms with Crippen molar-refractivity contribution < 1.29 is 4.79 Å². The number of carbonyl (C=O) groups excluding carboxylic acids is 1. The molecule has 8 nitrogen and oxygen atoms in total. The van der Waals surface area contributed by atoms with Crippen molar-refractivity contribution in [2.24, 2.45) is 0 Å². The summed E-state index contributed by atoms with van der Waals surface area (Å²) in [5.41, 5.74) is 6.34. The van der Waals surface area contributed by atoms with Crippen molar-refractivity contribution in [2.45, 2.75) is 65.6 Å². The van der Waals surface area contributed by atoms with Crippen molar-refractivity contribution in [3.8, 4) is 11.1 Å². The molecule has 8 heteroatoms. The quantitative estimate of drug-likeness (QED) is 0.339. The lowest BCUT2D eigenvalue weighted by molar-refractivity contribution is -0.109. The van der Waals surface area contributed by atoms with Gasteiger partial charge in [0.2, 0.25) is 0 Å². The molecule has 0 aliphatic heterocycles. The third kappa shape index (κ3) is 5.38. The summed E-state index contributed by atoms with van der Waals surface area (Å²) in [4.78, 5) is 35.9. The summed E-state index contributed by atoms with van der Waals surface area (Å²) in [7, 11) is 0. The van der Waals surface area contributed by atoms with Gasteiger partial charge in [-0.25, -0.2) is 9.97 Å². The van der Waals surface area contributed by atoms with Crippen molar-refractivity contribution in [3.63, 3.8) is 0 Å². The lowest BCUT2D eigenvalue weighted by Gasteiger charge is -2.17. The highest BCUT2D eigenvalue weighted by atomic mass is 16.1. The molecule has 3 aromatic heterocycles. The van der Waals surface area contributed by atoms with E-state index in [0.717, 1.165) is 58.0 Å². The van der Waals surface area contributed by atoms with E-state index in [2.05, 4.69) is 58.3 Å². The van der Waals surface area contributed by atoms with E-state index in [4.69, 9.17) is 0 Å². The molecular weight excluding hydrogens is 440 g/mol. The first-order valence-electron chi connectivity index (χ1n) is 12.1. The zero-order chi connectivity index (χ0) is 24.9. The average molecular weight is 473 g/mol. The van der Waals surface area contributed by atoms with Crippen LogP contribution in [0.1, 0.15) is 55.6 Å². The first kappa shape index (κ1) is 24.5. The van der Waals surface area contributed by atoms with Crippen LogP contribution < -0.4 is 10.9 Å². The zero-order valence-electron chi connectivity index (χ0n) is 20.7. The van der Waals surface area contributed by atoms with Gasteiger partial charge in [0.25, 0.3) is 5.56 Å². The maximum Gasteiger partial charge on any atom is 0.252 e. The minimum absolute atomic E-state index is 0.0997. The number of rotatable bonds is 10. The van der Waals surface area contributed by atoms with Gasteiger partial charge in [0.15, 0.2) is 0 Å². The molecule has 4 aromatic rings. The molecule has 0 spiro atoms. The van der Waals surface area contributed by atoms with Gasteiger partial charge in [0.1, 0.15) is 12.6 Å². The molecular formula is C27H32N6O2. The molecule has 0 aliphatic rings. The molecule has 0 amide bonds. The van der Waals surface area contributed by atoms with Crippen LogP contribution in [0.3, 0.4) is 0 Å². The number of benzene rings is 1. The number of pyridine rings is 1. The van der Waals surface area contributed by atoms with E-state index >= 15 is 0 Å². The number of hydrogen-bond acceptors (Lipinski definition) is 6. The van der Waals surface area contributed by atoms with Crippen LogP contribution in [0.5, 0.6) is 0 Å². The summed E-state index contributed by atoms with van der Waals surface area (Å²) in [6.45, 7) is 8.49. The fraction of sp³-hybridized carbons (Fsp3) is 0.370. The van der Waals surface area contributed by atoms with Gasteiger partial charge in [-0.2, -0.15) is 5.10 Å². The van der Waals surface area contributed by atoms with Crippen LogP contribution in [0.4, 0.5) is 0 Å². The van der Waals surface area contributed by atoms with Crippen molar-refractivity contribution in [1.29, 1.82) is 0 Å². The fourth-order valence-corrected chi connectivity index (χ4v) is 4.52. The largest absolute Gasteiger partial charge is 0.326 e. The maximum absolute atomic E-state index is 12.6. The lowest BCUT2D eigenvalue weighted by atomic mass is 9.97. The summed E-state index contributed by atoms with van der Waals surface area (Å²) in [6, 6.07) is 5.92. The summed E-state index contributed by atoms with van der Waals surface area (Å²) < 4.78 is 1.98. The van der Waals surface area contributed by atoms with Gasteiger partial charge in [-0.05, 0) is 62.4 Å². The molecule has 35 heavy (non-hydrogen) atoms. The van der Waals surface area contributed by atoms with E-state index in [-0.39, 0.29) is 11.6 Å². The minimum atomic E-state index is -0.460. The molecule has 1 aromatic carbocycles. The van der Waals surface area contributed by atoms with Crippen molar-refractivity contribution >= 4 is 17.2 Å². The van der Waals surface area contributed by atoms with Gasteiger partial charge in [0, 0.05) is 47.2 Å². The number of aromatic nitrogens is 5. The summed E-state index contributed by atoms with van der Waals surface area (Å²) in [5, 5.41) is 8.91. The average Bonchev–Trinajstić information content (AvgIpc) is 3.28. The Labute approximate surface area is 204 Å². The number of nitrogens with one attached hydrogen (secondary N) is 2. The highest BCUT2D eigenvalue weighted by Gasteiger charge is 2.17. The van der Waals surface area contributed by atoms with Crippen LogP contribution in [-0.2, 0) is 24.2 Å². The van der Waals surface area contributed by atoms with Gasteiger partial charge in [0.05, 0.1) is 17.8 Å². The normalized spacial score (nSPS) is 12.4. The monoisotopic (exact) mass is 472 g/mol. The van der Waals surface area contributed by atoms with Crippen LogP contribution in [0.25, 0.3) is 22.0 Å². The number of H-pyrrole nitrogens is 1. The number of aromatic amines is 1. The SMILES string of the molecule is CCCc1cc(C)[nH]c(=O)c1CNC(C=O)Cc1cc(-c2cncnc2)cc2c1cnn2C(C)C. The van der Waals surface area contributed by atoms with Crippen molar-refractivity contribution in [1.82, 2.24) is 30.0 Å². The number of carbonyl (C=O) groups is 1. The van der Waals surface area contributed by atoms with Crippen LogP contribution in [0.2, 0.25) is 0 Å². The third-order valence-electron chi connectivity index (χ3n) is 6.21. The molecule has 2 N–H and O–H groups in total. The topological polar surface area (TPSA) is 106 Å². The molecule has 0 radical (unpaired) electrons. The summed E-state index contributed by atoms with van der Waals surface area (Å²) in [6.07, 6.45) is 10.1. The summed E-state index contributed by atoms with van der Waals surface area (Å²) in [5.74, 6) is 0. The van der Waals surface area contributed by atoms with Crippen LogP contribution in [0.15, 0.2) is 47.9 Å². The van der Waals surface area contributed by atoms with E-state index in [1.165, 1.54) is 6.33 Å². The van der Waals surface area contributed by atoms with Crippen LogP contribution in [0, 0.1) is 6.92 Å². The summed E-state index contributed by atoms with van der Waals surface area (Å²) >= 11 is 0. The smallest absolute Gasteiger partial charge is 0.252 e. The molecule has 0 aliphatic carbocycles. The Kier molecular flexibility index (Phi) is 7.51. The van der Waals surface area contributed by atoms with Crippen LogP contribution in [-0.4, -0.2) is 37.1 Å². The minimum Gasteiger partial charge on any atom is -0.326 e. The highest BCUT2D eigenvalue weighted by Crippen LogP contribution is 2.29. The van der Waals surface area contributed by atoms with Gasteiger partial charge >= 0.3 is 0 Å². The molecule has 1 unspecified atom stereocenters. The Morgan fingerprint density at radius 1 is 1.09 bits per heavy atom. The first-order valence-corrected chi connectivity index (χ1v) is 12.1. The molecule has 0 bridgehead atoms. The third-order valence-corrected chi connectivity index (χ3v) is 6.21. The van der Waals surface area contributed by atoms with E-state index in [0.29, 0.717) is 18.5 Å². The second-order valence-electron chi connectivity index (χ2n) is 9.24. The zero-order valence-corrected chi connectivity index (χ0v) is 20.7. The Hall–Kier alpha value is -3.65. The Morgan fingerprint density at radius 3 is 2.54 bits per heavy atom. The Bertz CT molecular complexity index is 1370. The number of nitrogens with zero attached hydrogens (tertiary/aromatic N) is 4. The number of aryl methyl sites for hydroxylation is 2. The molecule has 0 saturated heterocycles. The number of hydrogen-bond donors (Lipinski definition) is 2. The first-order chi connectivity index (χ1) is 16.9. The number of fused-ring (bicyclic) bond motifs is 1. The predicted molar refractivity (Wildman–Crippen MR) is 137 cm³/mol. The molecule has 3 heterocycles. The van der Waals surface area contributed by atoms with E-state index < -0.39 is 6.04 Å². The van der Waals surface area contributed by atoms with Crippen molar-refractivity contribution in [2.75, 3.05) is 0 Å². The fourth-order valence-electron chi connectivity index (χ4n) is 4.52. The van der Waals surface area contributed by atoms with Crippen LogP contribution >= 0.6 is 0 Å². The molecule has 182 valence electrons. The van der Waals surface area contributed by atoms with Crippen molar-refractivity contribution in [3.05, 3.63) is 75.9 Å². The second-order valence-corrected chi connectivity index (χ2v) is 9.24. The molecule has 4 rings (SSSR count). The number of aldehydes is 1. The van der Waals surface area contributed by atoms with E-state index in [1.807, 2.05) is 23.9 Å². The lowest BCUT2D eigenvalue weighted by Crippen LogP contribution is -2.34. The molecule has 1 atom stereocenters. The van der Waals surface area contributed by atoms with Gasteiger partial charge < -0.3 is 15.1 Å². The van der Waals surface area contributed by atoms with Gasteiger partial charge in [-0.3, -0.25) is 9.48 Å². The van der Waals surface area contributed by atoms with E-state index in [1.54, 1.807) is 12.4 Å². The van der Waals surface area contributed by atoms with E-state index in [9.17, 15) is 9.59 Å². The second kappa shape index (κ2) is 10.7. The standard InChI is InChI=1S/C27H32N6O2/c1-5-6-19-7-18(4)32-27(35)25(19)13-30-23(15-34)9-21-8-20(22-11-28-16-29-12-22)10-26-24(21)14-31-33(26)17(2)3/h7-8,10-12,14-17,23,30H,5-6,9,13H2,1-4H3,(H,32,35). The molecule has 0 fully saturated rings. The molecule has 0 saturated carbocycles. The maximum atomic E-state index is 12.6. The highest BCUT2D eigenvalue weighted by molar-refractivity contribution is 5.88. The Balaban J connectivity index is 1.66. The predicted octanol–water partition coefficient (Wildman–Crippen LogP) is 3.92.